The van der Waals surface area contributed by atoms with Crippen molar-refractivity contribution in [2.24, 2.45) is 23.7 Å². The van der Waals surface area contributed by atoms with E-state index < -0.39 is 83.8 Å². The second kappa shape index (κ2) is 18.9. The van der Waals surface area contributed by atoms with Crippen molar-refractivity contribution in [1.29, 1.82) is 0 Å². The molecule has 7 atom stereocenters. The molecule has 0 aliphatic carbocycles. The Hall–Kier alpha value is -4.40. The van der Waals surface area contributed by atoms with Crippen LogP contribution in [0.3, 0.4) is 0 Å². The quantitative estimate of drug-likeness (QED) is 0.244. The lowest BCUT2D eigenvalue weighted by Crippen LogP contribution is -2.57. The van der Waals surface area contributed by atoms with Gasteiger partial charge in [-0.2, -0.15) is 0 Å². The highest BCUT2D eigenvalue weighted by Crippen LogP contribution is 2.27. The van der Waals surface area contributed by atoms with Gasteiger partial charge in [0.2, 0.25) is 17.7 Å². The lowest BCUT2D eigenvalue weighted by molar-refractivity contribution is -0.169. The van der Waals surface area contributed by atoms with E-state index in [1.165, 1.54) is 28.8 Å². The van der Waals surface area contributed by atoms with Crippen LogP contribution in [0, 0.1) is 36.0 Å². The van der Waals surface area contributed by atoms with Crippen molar-refractivity contribution in [1.82, 2.24) is 20.0 Å². The molecule has 2 aliphatic heterocycles. The van der Waals surface area contributed by atoms with E-state index in [0.29, 0.717) is 25.7 Å². The van der Waals surface area contributed by atoms with Crippen molar-refractivity contribution < 1.29 is 38.2 Å². The van der Waals surface area contributed by atoms with Crippen LogP contribution in [0.25, 0.3) is 0 Å². The van der Waals surface area contributed by atoms with Crippen LogP contribution >= 0.6 is 0 Å². The van der Waals surface area contributed by atoms with Crippen LogP contribution in [-0.4, -0.2) is 107 Å². The molecule has 0 saturated carbocycles. The molecule has 286 valence electrons. The number of likely N-dealkylation sites (N-methyl/N-ethyl adjacent to an activating group) is 2. The predicted octanol–water partition coefficient (Wildman–Crippen LogP) is 3.60. The fourth-order valence-electron chi connectivity index (χ4n) is 7.18. The maximum atomic E-state index is 14.4. The van der Waals surface area contributed by atoms with E-state index in [1.807, 2.05) is 30.3 Å². The van der Waals surface area contributed by atoms with Gasteiger partial charge < -0.3 is 29.5 Å². The highest BCUT2D eigenvalue weighted by Gasteiger charge is 2.45. The molecule has 2 saturated heterocycles. The third-order valence-electron chi connectivity index (χ3n) is 10.2. The number of nitrogens with zero attached hydrogens (tertiary/aromatic N) is 3. The molecule has 1 aromatic carbocycles. The number of benzene rings is 1. The summed E-state index contributed by atoms with van der Waals surface area (Å²) < 4.78 is 12.1. The van der Waals surface area contributed by atoms with E-state index in [-0.39, 0.29) is 31.2 Å². The number of hydrogen-bond donors (Lipinski definition) is 1. The van der Waals surface area contributed by atoms with Crippen LogP contribution in [0.15, 0.2) is 30.3 Å². The van der Waals surface area contributed by atoms with Gasteiger partial charge in [0.15, 0.2) is 6.10 Å². The first-order chi connectivity index (χ1) is 24.5. The minimum atomic E-state index is -1.29. The first-order valence-corrected chi connectivity index (χ1v) is 18.5. The molecule has 2 heterocycles. The van der Waals surface area contributed by atoms with Gasteiger partial charge in [-0.25, -0.2) is 9.59 Å². The summed E-state index contributed by atoms with van der Waals surface area (Å²) in [4.78, 5) is 88.7. The van der Waals surface area contributed by atoms with E-state index >= 15 is 0 Å². The van der Waals surface area contributed by atoms with Gasteiger partial charge in [-0.1, -0.05) is 78.8 Å². The van der Waals surface area contributed by atoms with Gasteiger partial charge in [-0.05, 0) is 49.0 Å². The molecule has 2 fully saturated rings. The molecule has 0 bridgehead atoms. The first kappa shape index (κ1) is 42.0. The summed E-state index contributed by atoms with van der Waals surface area (Å²) in [6, 6.07) is 5.06. The summed E-state index contributed by atoms with van der Waals surface area (Å²) in [5.74, 6) is -2.95. The molecule has 1 aromatic rings. The molecule has 12 heteroatoms. The Morgan fingerprint density at radius 2 is 1.40 bits per heavy atom. The Morgan fingerprint density at radius 1 is 0.827 bits per heavy atom. The van der Waals surface area contributed by atoms with E-state index in [0.717, 1.165) is 5.56 Å². The molecule has 1 unspecified atom stereocenters. The summed E-state index contributed by atoms with van der Waals surface area (Å²) in [6.45, 7) is 12.6. The van der Waals surface area contributed by atoms with Crippen molar-refractivity contribution in [3.63, 3.8) is 0 Å². The third-order valence-corrected chi connectivity index (χ3v) is 10.2. The Bertz CT molecular complexity index is 1470. The van der Waals surface area contributed by atoms with Crippen molar-refractivity contribution >= 4 is 35.6 Å². The number of amides is 4. The van der Waals surface area contributed by atoms with E-state index in [9.17, 15) is 28.8 Å². The first-order valence-electron chi connectivity index (χ1n) is 18.5. The van der Waals surface area contributed by atoms with Gasteiger partial charge >= 0.3 is 11.9 Å². The summed E-state index contributed by atoms with van der Waals surface area (Å²) in [6.07, 6.45) is 5.39. The normalized spacial score (nSPS) is 27.5. The molecule has 3 rings (SSSR count). The average Bonchev–Trinajstić information content (AvgIpc) is 3.58. The standard InChI is InChI=1S/C40H58N4O8/c1-11-12-14-21-30-27(8)35(45)41-32(24(2)3)38(48)43(10)34(26(6)7)40(50)52-31(23-28-18-15-13-16-19-28)37(47)44-22-17-20-29(44)36(46)42(9)33(25(4)5)39(49)51-30/h1,13,15-16,18-19,24-27,29-34H,12,14,17,20-23H2,2-10H3,(H,41,45)/t27-,29-,30?,31-,32-,33+,34-/m0/s1. The molecule has 52 heavy (non-hydrogen) atoms. The number of cyclic esters (lactones) is 2. The molecule has 0 aromatic heterocycles. The van der Waals surface area contributed by atoms with E-state index in [2.05, 4.69) is 11.2 Å². The van der Waals surface area contributed by atoms with Crippen LogP contribution in [0.4, 0.5) is 0 Å². The van der Waals surface area contributed by atoms with Crippen molar-refractivity contribution in [2.45, 2.75) is 123 Å². The monoisotopic (exact) mass is 722 g/mol. The summed E-state index contributed by atoms with van der Waals surface area (Å²) in [5, 5.41) is 2.86. The number of terminal acetylenes is 1. The molecular formula is C40H58N4O8. The van der Waals surface area contributed by atoms with Gasteiger partial charge in [0.25, 0.3) is 5.91 Å². The van der Waals surface area contributed by atoms with Crippen LogP contribution in [0.2, 0.25) is 0 Å². The van der Waals surface area contributed by atoms with Gasteiger partial charge in [0, 0.05) is 33.5 Å². The average molecular weight is 723 g/mol. The Labute approximate surface area is 309 Å². The summed E-state index contributed by atoms with van der Waals surface area (Å²) in [5.41, 5.74) is 0.743. The number of fused-ring (bicyclic) bond motifs is 1. The SMILES string of the molecule is C#CCCCC1OC(=O)[C@@H](C(C)C)N(C)C(=O)[C@@H]2CCCN2C(=O)[C@H](Cc2ccccc2)OC(=O)[C@H](C(C)C)N(C)C(=O)[C@H](C(C)C)NC(=O)[C@H]1C. The zero-order chi connectivity index (χ0) is 38.9. The van der Waals surface area contributed by atoms with Gasteiger partial charge in [0.1, 0.15) is 30.3 Å². The second-order valence-electron chi connectivity index (χ2n) is 15.2. The Balaban J connectivity index is 2.17. The van der Waals surface area contributed by atoms with Gasteiger partial charge in [-0.15, -0.1) is 12.3 Å². The number of ether oxygens (including phenoxy) is 2. The van der Waals surface area contributed by atoms with Crippen LogP contribution in [-0.2, 0) is 44.7 Å². The zero-order valence-electron chi connectivity index (χ0n) is 32.3. The highest BCUT2D eigenvalue weighted by molar-refractivity contribution is 5.95. The fraction of sp³-hybridized carbons (Fsp3) is 0.650. The molecule has 2 aliphatic rings. The zero-order valence-corrected chi connectivity index (χ0v) is 32.3. The number of unbranched alkanes of at least 4 members (excludes halogenated alkanes) is 1. The fourth-order valence-corrected chi connectivity index (χ4v) is 7.18. The Kier molecular flexibility index (Phi) is 15.3. The van der Waals surface area contributed by atoms with E-state index in [1.54, 1.807) is 48.5 Å². The number of carbonyl (C=O) groups excluding carboxylic acids is 6. The topological polar surface area (TPSA) is 143 Å². The number of esters is 2. The minimum absolute atomic E-state index is 0.0473. The largest absolute Gasteiger partial charge is 0.460 e. The maximum Gasteiger partial charge on any atom is 0.329 e. The number of hydrogen-bond acceptors (Lipinski definition) is 8. The molecular weight excluding hydrogens is 664 g/mol. The second-order valence-corrected chi connectivity index (χ2v) is 15.2. The Morgan fingerprint density at radius 3 is 1.96 bits per heavy atom. The number of nitrogens with one attached hydrogen (secondary N) is 1. The summed E-state index contributed by atoms with van der Waals surface area (Å²) >= 11 is 0. The van der Waals surface area contributed by atoms with Crippen molar-refractivity contribution in [2.75, 3.05) is 20.6 Å². The van der Waals surface area contributed by atoms with Crippen LogP contribution in [0.1, 0.15) is 86.1 Å². The van der Waals surface area contributed by atoms with Gasteiger partial charge in [0.05, 0.1) is 5.92 Å². The van der Waals surface area contributed by atoms with Gasteiger partial charge in [-0.3, -0.25) is 19.2 Å². The highest BCUT2D eigenvalue weighted by atomic mass is 16.6. The van der Waals surface area contributed by atoms with Crippen molar-refractivity contribution in [3.05, 3.63) is 35.9 Å². The van der Waals surface area contributed by atoms with E-state index in [4.69, 9.17) is 15.9 Å². The summed E-state index contributed by atoms with van der Waals surface area (Å²) in [7, 11) is 3.00. The molecule has 0 spiro atoms. The number of rotatable bonds is 8. The van der Waals surface area contributed by atoms with Crippen LogP contribution in [0.5, 0.6) is 0 Å². The molecule has 1 N–H and O–H groups in total. The van der Waals surface area contributed by atoms with Crippen LogP contribution < -0.4 is 5.32 Å². The third kappa shape index (κ3) is 10.1. The smallest absolute Gasteiger partial charge is 0.329 e. The maximum absolute atomic E-state index is 14.4. The lowest BCUT2D eigenvalue weighted by Gasteiger charge is -2.36. The molecule has 0 radical (unpaired) electrons. The minimum Gasteiger partial charge on any atom is -0.460 e. The molecule has 12 nitrogen and oxygen atoms in total. The predicted molar refractivity (Wildman–Crippen MR) is 196 cm³/mol. The molecule has 4 amide bonds. The van der Waals surface area contributed by atoms with Crippen molar-refractivity contribution in [3.8, 4) is 12.3 Å². The lowest BCUT2D eigenvalue weighted by atomic mass is 9.95. The number of carbonyl (C=O) groups is 6.